The smallest absolute Gasteiger partial charge is 0.255 e. The summed E-state index contributed by atoms with van der Waals surface area (Å²) in [6, 6.07) is 10.5. The van der Waals surface area contributed by atoms with Crippen molar-refractivity contribution in [1.82, 2.24) is 15.3 Å². The van der Waals surface area contributed by atoms with Gasteiger partial charge in [0.1, 0.15) is 0 Å². The highest BCUT2D eigenvalue weighted by molar-refractivity contribution is 6.07. The van der Waals surface area contributed by atoms with Crippen molar-refractivity contribution >= 4 is 28.5 Å². The molecule has 3 aromatic rings. The molecule has 27 heavy (non-hydrogen) atoms. The van der Waals surface area contributed by atoms with Gasteiger partial charge in [0.25, 0.3) is 11.8 Å². The number of carbonyl (C=O) groups is 2. The van der Waals surface area contributed by atoms with Crippen LogP contribution in [0.4, 0.5) is 5.69 Å². The Labute approximate surface area is 158 Å². The number of rotatable bonds is 4. The topological polar surface area (TPSA) is 84.0 Å². The van der Waals surface area contributed by atoms with Crippen LogP contribution in [0.1, 0.15) is 44.6 Å². The first kappa shape index (κ1) is 18.5. The van der Waals surface area contributed by atoms with Gasteiger partial charge < -0.3 is 10.6 Å². The maximum absolute atomic E-state index is 12.7. The van der Waals surface area contributed by atoms with Gasteiger partial charge in [0.15, 0.2) is 0 Å². The minimum absolute atomic E-state index is 0.167. The van der Waals surface area contributed by atoms with Gasteiger partial charge in [0.2, 0.25) is 0 Å². The quantitative estimate of drug-likeness (QED) is 0.743. The summed E-state index contributed by atoms with van der Waals surface area (Å²) in [4.78, 5) is 33.7. The van der Waals surface area contributed by atoms with Crippen LogP contribution >= 0.6 is 0 Å². The van der Waals surface area contributed by atoms with Crippen LogP contribution in [0, 0.1) is 20.8 Å². The van der Waals surface area contributed by atoms with Crippen molar-refractivity contribution in [3.8, 4) is 0 Å². The number of amides is 2. The molecule has 0 aliphatic rings. The third kappa shape index (κ3) is 3.95. The van der Waals surface area contributed by atoms with Gasteiger partial charge in [-0.3, -0.25) is 9.59 Å². The lowest BCUT2D eigenvalue weighted by Crippen LogP contribution is -2.23. The van der Waals surface area contributed by atoms with Gasteiger partial charge in [0, 0.05) is 23.4 Å². The number of aryl methyl sites for hydroxylation is 3. The molecule has 0 bridgehead atoms. The fourth-order valence-electron chi connectivity index (χ4n) is 2.73. The Morgan fingerprint density at radius 2 is 1.48 bits per heavy atom. The van der Waals surface area contributed by atoms with Gasteiger partial charge in [-0.05, 0) is 63.6 Å². The van der Waals surface area contributed by atoms with E-state index in [1.165, 1.54) is 0 Å². The standard InChI is InChI=1S/C21H22N4O2/c1-5-22-20(26)15-7-6-12(2)18(10-15)25-21(27)16-8-9-17-19(11-16)24-14(4)13(3)23-17/h6-11H,5H2,1-4H3,(H,22,26)(H,25,27). The SMILES string of the molecule is CCNC(=O)c1ccc(C)c(NC(=O)c2ccc3nc(C)c(C)nc3c2)c1. The zero-order valence-corrected chi connectivity index (χ0v) is 15.9. The van der Waals surface area contributed by atoms with Crippen LogP contribution in [0.3, 0.4) is 0 Å². The molecule has 0 unspecified atom stereocenters. The number of benzene rings is 2. The highest BCUT2D eigenvalue weighted by Crippen LogP contribution is 2.20. The normalized spacial score (nSPS) is 10.7. The largest absolute Gasteiger partial charge is 0.352 e. The summed E-state index contributed by atoms with van der Waals surface area (Å²) >= 11 is 0. The van der Waals surface area contributed by atoms with Crippen molar-refractivity contribution in [2.75, 3.05) is 11.9 Å². The molecule has 2 N–H and O–H groups in total. The Balaban J connectivity index is 1.89. The number of hydrogen-bond acceptors (Lipinski definition) is 4. The van der Waals surface area contributed by atoms with Gasteiger partial charge >= 0.3 is 0 Å². The van der Waals surface area contributed by atoms with E-state index in [1.807, 2.05) is 33.8 Å². The second-order valence-electron chi connectivity index (χ2n) is 6.44. The van der Waals surface area contributed by atoms with Crippen molar-refractivity contribution in [1.29, 1.82) is 0 Å². The maximum Gasteiger partial charge on any atom is 0.255 e. The Kier molecular flexibility index (Phi) is 5.16. The molecular weight excluding hydrogens is 340 g/mol. The molecule has 138 valence electrons. The van der Waals surface area contributed by atoms with Crippen LogP contribution < -0.4 is 10.6 Å². The average molecular weight is 362 g/mol. The second kappa shape index (κ2) is 7.53. The maximum atomic E-state index is 12.7. The Hall–Kier alpha value is -3.28. The molecule has 6 nitrogen and oxygen atoms in total. The summed E-state index contributed by atoms with van der Waals surface area (Å²) < 4.78 is 0. The van der Waals surface area contributed by atoms with Gasteiger partial charge in [-0.15, -0.1) is 0 Å². The van der Waals surface area contributed by atoms with Crippen molar-refractivity contribution in [3.63, 3.8) is 0 Å². The van der Waals surface area contributed by atoms with Gasteiger partial charge in [0.05, 0.1) is 22.4 Å². The highest BCUT2D eigenvalue weighted by Gasteiger charge is 2.12. The fraction of sp³-hybridized carbons (Fsp3) is 0.238. The van der Waals surface area contributed by atoms with Crippen LogP contribution in [0.15, 0.2) is 36.4 Å². The number of fused-ring (bicyclic) bond motifs is 1. The lowest BCUT2D eigenvalue weighted by atomic mass is 10.1. The van der Waals surface area contributed by atoms with Crippen molar-refractivity contribution in [3.05, 3.63) is 64.5 Å². The zero-order chi connectivity index (χ0) is 19.6. The first-order valence-electron chi connectivity index (χ1n) is 8.84. The summed E-state index contributed by atoms with van der Waals surface area (Å²) in [5, 5.41) is 5.64. The van der Waals surface area contributed by atoms with Crippen molar-refractivity contribution in [2.45, 2.75) is 27.7 Å². The third-order valence-electron chi connectivity index (χ3n) is 4.42. The molecule has 0 radical (unpaired) electrons. The summed E-state index contributed by atoms with van der Waals surface area (Å²) in [6.07, 6.45) is 0. The summed E-state index contributed by atoms with van der Waals surface area (Å²) in [5.41, 5.74) is 5.63. The van der Waals surface area contributed by atoms with E-state index in [-0.39, 0.29) is 11.8 Å². The van der Waals surface area contributed by atoms with Crippen molar-refractivity contribution < 1.29 is 9.59 Å². The molecule has 0 spiro atoms. The molecule has 2 amide bonds. The predicted molar refractivity (Wildman–Crippen MR) is 106 cm³/mol. The minimum atomic E-state index is -0.256. The van der Waals surface area contributed by atoms with E-state index < -0.39 is 0 Å². The predicted octanol–water partition coefficient (Wildman–Crippen LogP) is 3.56. The molecule has 0 aliphatic carbocycles. The Bertz CT molecular complexity index is 1040. The van der Waals surface area contributed by atoms with Crippen LogP contribution in [0.25, 0.3) is 11.0 Å². The molecule has 6 heteroatoms. The molecule has 0 aliphatic heterocycles. The Morgan fingerprint density at radius 3 is 2.19 bits per heavy atom. The van der Waals surface area contributed by atoms with E-state index in [0.717, 1.165) is 22.5 Å². The van der Waals surface area contributed by atoms with Gasteiger partial charge in [-0.1, -0.05) is 6.07 Å². The highest BCUT2D eigenvalue weighted by atomic mass is 16.2. The average Bonchev–Trinajstić information content (AvgIpc) is 2.64. The second-order valence-corrected chi connectivity index (χ2v) is 6.44. The molecule has 0 saturated carbocycles. The summed E-state index contributed by atoms with van der Waals surface area (Å²) in [5.74, 6) is -0.423. The van der Waals surface area contributed by atoms with Crippen LogP contribution in [-0.2, 0) is 0 Å². The Morgan fingerprint density at radius 1 is 0.852 bits per heavy atom. The molecule has 0 fully saturated rings. The molecule has 1 heterocycles. The van der Waals surface area contributed by atoms with Crippen molar-refractivity contribution in [2.24, 2.45) is 0 Å². The first-order valence-corrected chi connectivity index (χ1v) is 8.84. The van der Waals surface area contributed by atoms with Crippen LogP contribution in [0.5, 0.6) is 0 Å². The number of nitrogens with one attached hydrogen (secondary N) is 2. The molecule has 0 atom stereocenters. The molecule has 0 saturated heterocycles. The summed E-state index contributed by atoms with van der Waals surface area (Å²) in [6.45, 7) is 8.10. The first-order chi connectivity index (χ1) is 12.9. The van der Waals surface area contributed by atoms with E-state index in [0.29, 0.717) is 28.9 Å². The monoisotopic (exact) mass is 362 g/mol. The van der Waals surface area contributed by atoms with Gasteiger partial charge in [-0.2, -0.15) is 0 Å². The number of hydrogen-bond donors (Lipinski definition) is 2. The molecular formula is C21H22N4O2. The minimum Gasteiger partial charge on any atom is -0.352 e. The molecule has 2 aromatic carbocycles. The van der Waals surface area contributed by atoms with Crippen LogP contribution in [0.2, 0.25) is 0 Å². The lowest BCUT2D eigenvalue weighted by molar-refractivity contribution is 0.0954. The van der Waals surface area contributed by atoms with Gasteiger partial charge in [-0.25, -0.2) is 9.97 Å². The number of nitrogens with zero attached hydrogens (tertiary/aromatic N) is 2. The lowest BCUT2D eigenvalue weighted by Gasteiger charge is -2.11. The number of anilines is 1. The third-order valence-corrected chi connectivity index (χ3v) is 4.42. The van der Waals surface area contributed by atoms with E-state index in [2.05, 4.69) is 20.6 Å². The van der Waals surface area contributed by atoms with E-state index in [1.54, 1.807) is 30.3 Å². The van der Waals surface area contributed by atoms with E-state index in [4.69, 9.17) is 0 Å². The number of aromatic nitrogens is 2. The zero-order valence-electron chi connectivity index (χ0n) is 15.9. The van der Waals surface area contributed by atoms with E-state index in [9.17, 15) is 9.59 Å². The number of carbonyl (C=O) groups excluding carboxylic acids is 2. The van der Waals surface area contributed by atoms with Crippen LogP contribution in [-0.4, -0.2) is 28.3 Å². The fourth-order valence-corrected chi connectivity index (χ4v) is 2.73. The molecule has 3 rings (SSSR count). The van der Waals surface area contributed by atoms with E-state index >= 15 is 0 Å². The summed E-state index contributed by atoms with van der Waals surface area (Å²) in [7, 11) is 0. The molecule has 1 aromatic heterocycles.